The highest BCUT2D eigenvalue weighted by Crippen LogP contribution is 2.05. The Morgan fingerprint density at radius 2 is 2.08 bits per heavy atom. The maximum Gasteiger partial charge on any atom is 0.0934 e. The number of benzene rings is 1. The molecule has 0 heterocycles. The number of hydrogen-bond donors (Lipinski definition) is 2. The van der Waals surface area contributed by atoms with E-state index in [1.165, 1.54) is 0 Å². The minimum Gasteiger partial charge on any atom is -0.316 e. The Bertz CT molecular complexity index is 218. The Balaban J connectivity index is 2.67. The summed E-state index contributed by atoms with van der Waals surface area (Å²) in [5.74, 6) is 0. The molecule has 0 aliphatic heterocycles. The van der Waals surface area contributed by atoms with Gasteiger partial charge in [-0.1, -0.05) is 24.3 Å². The highest BCUT2D eigenvalue weighted by atomic mass is 19.1. The summed E-state index contributed by atoms with van der Waals surface area (Å²) in [6, 6.07) is 7.49. The van der Waals surface area contributed by atoms with E-state index in [0.29, 0.717) is 13.0 Å². The maximum absolute atomic E-state index is 11.9. The van der Waals surface area contributed by atoms with E-state index in [4.69, 9.17) is 5.21 Å². The lowest BCUT2D eigenvalue weighted by atomic mass is 10.1. The van der Waals surface area contributed by atoms with Gasteiger partial charge in [0.1, 0.15) is 0 Å². The Hall–Kier alpha value is -0.930. The summed E-state index contributed by atoms with van der Waals surface area (Å²) in [7, 11) is 0. The van der Waals surface area contributed by atoms with Gasteiger partial charge in [0, 0.05) is 13.0 Å². The summed E-state index contributed by atoms with van der Waals surface area (Å²) in [4.78, 5) is 0. The first kappa shape index (κ1) is 9.16. The molecule has 0 bridgehead atoms. The number of alkyl halides is 1. The molecule has 12 heavy (non-hydrogen) atoms. The van der Waals surface area contributed by atoms with Crippen molar-refractivity contribution < 1.29 is 9.60 Å². The van der Waals surface area contributed by atoms with Crippen LogP contribution in [0.15, 0.2) is 24.3 Å². The number of nitrogens with one attached hydrogen (secondary N) is 1. The summed E-state index contributed by atoms with van der Waals surface area (Å²) in [6.07, 6.45) is 0.444. The van der Waals surface area contributed by atoms with Gasteiger partial charge in [0.05, 0.1) is 6.67 Å². The van der Waals surface area contributed by atoms with Crippen LogP contribution in [0, 0.1) is 0 Å². The third-order valence-corrected chi connectivity index (χ3v) is 1.66. The van der Waals surface area contributed by atoms with Crippen molar-refractivity contribution in [3.05, 3.63) is 35.4 Å². The lowest BCUT2D eigenvalue weighted by Crippen LogP contribution is -2.06. The fourth-order valence-electron chi connectivity index (χ4n) is 1.10. The number of rotatable bonds is 4. The van der Waals surface area contributed by atoms with E-state index in [2.05, 4.69) is 5.48 Å². The van der Waals surface area contributed by atoms with Gasteiger partial charge in [-0.25, -0.2) is 5.48 Å². The van der Waals surface area contributed by atoms with Crippen molar-refractivity contribution in [3.8, 4) is 0 Å². The summed E-state index contributed by atoms with van der Waals surface area (Å²) < 4.78 is 11.9. The maximum atomic E-state index is 11.9. The molecule has 0 aromatic heterocycles. The van der Waals surface area contributed by atoms with Crippen molar-refractivity contribution in [1.29, 1.82) is 0 Å². The second-order valence-corrected chi connectivity index (χ2v) is 2.59. The lowest BCUT2D eigenvalue weighted by molar-refractivity contribution is 0.161. The van der Waals surface area contributed by atoms with E-state index in [1.807, 2.05) is 24.3 Å². The average molecular weight is 169 g/mol. The minimum atomic E-state index is -0.337. The molecule has 0 unspecified atom stereocenters. The van der Waals surface area contributed by atoms with Gasteiger partial charge < -0.3 is 5.21 Å². The number of aryl methyl sites for hydroxylation is 1. The molecule has 0 saturated carbocycles. The van der Waals surface area contributed by atoms with E-state index in [1.54, 1.807) is 0 Å². The van der Waals surface area contributed by atoms with Crippen LogP contribution < -0.4 is 5.48 Å². The SMILES string of the molecule is ONCc1cccc(CCF)c1. The van der Waals surface area contributed by atoms with Crippen LogP contribution in [0.3, 0.4) is 0 Å². The van der Waals surface area contributed by atoms with Gasteiger partial charge in [0.2, 0.25) is 0 Å². The van der Waals surface area contributed by atoms with E-state index in [9.17, 15) is 4.39 Å². The second kappa shape index (κ2) is 4.85. The first-order valence-corrected chi connectivity index (χ1v) is 3.87. The molecule has 0 spiro atoms. The molecule has 0 aliphatic carbocycles. The van der Waals surface area contributed by atoms with Gasteiger partial charge in [-0.05, 0) is 11.1 Å². The van der Waals surface area contributed by atoms with Crippen LogP contribution in [0.5, 0.6) is 0 Å². The highest BCUT2D eigenvalue weighted by Gasteiger charge is 1.94. The average Bonchev–Trinajstić information content (AvgIpc) is 2.06. The first-order valence-electron chi connectivity index (χ1n) is 3.87. The van der Waals surface area contributed by atoms with Crippen LogP contribution in [0.2, 0.25) is 0 Å². The van der Waals surface area contributed by atoms with Gasteiger partial charge in [0.25, 0.3) is 0 Å². The van der Waals surface area contributed by atoms with Gasteiger partial charge >= 0.3 is 0 Å². The molecule has 0 amide bonds. The second-order valence-electron chi connectivity index (χ2n) is 2.59. The Kier molecular flexibility index (Phi) is 3.70. The van der Waals surface area contributed by atoms with E-state index < -0.39 is 0 Å². The van der Waals surface area contributed by atoms with Crippen molar-refractivity contribution in [3.63, 3.8) is 0 Å². The molecule has 0 aliphatic rings. The molecule has 0 radical (unpaired) electrons. The molecule has 0 saturated heterocycles. The number of halogens is 1. The topological polar surface area (TPSA) is 32.3 Å². The summed E-state index contributed by atoms with van der Waals surface area (Å²) in [6.45, 7) is 0.0656. The van der Waals surface area contributed by atoms with Gasteiger partial charge in [-0.15, -0.1) is 0 Å². The molecule has 1 aromatic carbocycles. The van der Waals surface area contributed by atoms with Crippen LogP contribution in [-0.2, 0) is 13.0 Å². The zero-order valence-corrected chi connectivity index (χ0v) is 6.76. The zero-order valence-electron chi connectivity index (χ0n) is 6.76. The standard InChI is InChI=1S/C9H12FNO/c10-5-4-8-2-1-3-9(6-8)7-11-12/h1-3,6,11-12H,4-5,7H2. The first-order chi connectivity index (χ1) is 5.86. The summed E-state index contributed by atoms with van der Waals surface area (Å²) in [5, 5.41) is 8.42. The van der Waals surface area contributed by atoms with E-state index in [0.717, 1.165) is 11.1 Å². The molecule has 2 nitrogen and oxygen atoms in total. The van der Waals surface area contributed by atoms with Crippen molar-refractivity contribution in [1.82, 2.24) is 5.48 Å². The normalized spacial score (nSPS) is 10.2. The van der Waals surface area contributed by atoms with Crippen molar-refractivity contribution in [2.45, 2.75) is 13.0 Å². The number of hydroxylamine groups is 1. The van der Waals surface area contributed by atoms with E-state index in [-0.39, 0.29) is 6.67 Å². The van der Waals surface area contributed by atoms with Crippen molar-refractivity contribution in [2.24, 2.45) is 0 Å². The van der Waals surface area contributed by atoms with Crippen molar-refractivity contribution in [2.75, 3.05) is 6.67 Å². The van der Waals surface area contributed by atoms with Gasteiger partial charge in [-0.3, -0.25) is 4.39 Å². The molecule has 0 fully saturated rings. The number of hydrogen-bond acceptors (Lipinski definition) is 2. The highest BCUT2D eigenvalue weighted by molar-refractivity contribution is 5.23. The fourth-order valence-corrected chi connectivity index (χ4v) is 1.10. The van der Waals surface area contributed by atoms with Gasteiger partial charge in [-0.2, -0.15) is 0 Å². The predicted molar refractivity (Wildman–Crippen MR) is 44.7 cm³/mol. The van der Waals surface area contributed by atoms with Crippen LogP contribution >= 0.6 is 0 Å². The Morgan fingerprint density at radius 3 is 2.75 bits per heavy atom. The third-order valence-electron chi connectivity index (χ3n) is 1.66. The quantitative estimate of drug-likeness (QED) is 0.672. The lowest BCUT2D eigenvalue weighted by Gasteiger charge is -2.01. The fraction of sp³-hybridized carbons (Fsp3) is 0.333. The molecule has 0 atom stereocenters. The van der Waals surface area contributed by atoms with Crippen molar-refractivity contribution >= 4 is 0 Å². The molecule has 1 aromatic rings. The van der Waals surface area contributed by atoms with Crippen LogP contribution in [0.25, 0.3) is 0 Å². The molecule has 2 N–H and O–H groups in total. The monoisotopic (exact) mass is 169 g/mol. The smallest absolute Gasteiger partial charge is 0.0934 e. The predicted octanol–water partition coefficient (Wildman–Crippen LogP) is 1.68. The molecule has 66 valence electrons. The van der Waals surface area contributed by atoms with Crippen LogP contribution in [-0.4, -0.2) is 11.9 Å². The molecular weight excluding hydrogens is 157 g/mol. The molecular formula is C9H12FNO. The Labute approximate surface area is 71.0 Å². The zero-order chi connectivity index (χ0) is 8.81. The molecule has 1 rings (SSSR count). The van der Waals surface area contributed by atoms with E-state index >= 15 is 0 Å². The minimum absolute atomic E-state index is 0.337. The molecule has 3 heteroatoms. The van der Waals surface area contributed by atoms with Gasteiger partial charge in [0.15, 0.2) is 0 Å². The van der Waals surface area contributed by atoms with Crippen LogP contribution in [0.1, 0.15) is 11.1 Å². The Morgan fingerprint density at radius 1 is 1.33 bits per heavy atom. The third kappa shape index (κ3) is 2.60. The van der Waals surface area contributed by atoms with Crippen LogP contribution in [0.4, 0.5) is 4.39 Å². The largest absolute Gasteiger partial charge is 0.316 e. The summed E-state index contributed by atoms with van der Waals surface area (Å²) >= 11 is 0. The summed E-state index contributed by atoms with van der Waals surface area (Å²) in [5.41, 5.74) is 3.98.